The fourth-order valence-electron chi connectivity index (χ4n) is 1.24. The van der Waals surface area contributed by atoms with E-state index in [4.69, 9.17) is 21.1 Å². The number of hydrogen-bond acceptors (Lipinski definition) is 5. The molecule has 2 rings (SSSR count). The predicted molar refractivity (Wildman–Crippen MR) is 68.5 cm³/mol. The molecule has 0 aliphatic heterocycles. The first-order chi connectivity index (χ1) is 9.17. The molecule has 0 aliphatic carbocycles. The highest BCUT2D eigenvalue weighted by molar-refractivity contribution is 6.30. The van der Waals surface area contributed by atoms with Crippen LogP contribution < -0.4 is 14.8 Å². The zero-order chi connectivity index (χ0) is 13.7. The van der Waals surface area contributed by atoms with Gasteiger partial charge in [-0.05, 0) is 24.3 Å². The quantitative estimate of drug-likeness (QED) is 0.867. The van der Waals surface area contributed by atoms with Crippen LogP contribution in [-0.4, -0.2) is 34.8 Å². The topological polar surface area (TPSA) is 89.1 Å². The van der Waals surface area contributed by atoms with Crippen LogP contribution in [0.25, 0.3) is 0 Å². The molecule has 8 heteroatoms. The summed E-state index contributed by atoms with van der Waals surface area (Å²) in [6, 6.07) is 6.85. The first-order valence-corrected chi connectivity index (χ1v) is 5.70. The van der Waals surface area contributed by atoms with Gasteiger partial charge in [0.15, 0.2) is 6.61 Å². The second-order valence-corrected chi connectivity index (χ2v) is 3.90. The number of aromatic nitrogens is 3. The third-order valence-corrected chi connectivity index (χ3v) is 2.34. The molecule has 0 atom stereocenters. The molecule has 1 amide bonds. The number of amides is 1. The Hall–Kier alpha value is -2.28. The van der Waals surface area contributed by atoms with E-state index in [1.807, 2.05) is 0 Å². The Kier molecular flexibility index (Phi) is 4.19. The van der Waals surface area contributed by atoms with Gasteiger partial charge < -0.3 is 9.47 Å². The lowest BCUT2D eigenvalue weighted by Crippen LogP contribution is -2.20. The number of aromatic amines is 1. The number of rotatable bonds is 5. The van der Waals surface area contributed by atoms with E-state index in [1.54, 1.807) is 24.3 Å². The monoisotopic (exact) mass is 282 g/mol. The number of nitrogens with zero attached hydrogens (tertiary/aromatic N) is 2. The zero-order valence-electron chi connectivity index (χ0n) is 10.0. The third-order valence-electron chi connectivity index (χ3n) is 2.09. The zero-order valence-corrected chi connectivity index (χ0v) is 10.8. The maximum atomic E-state index is 11.6. The van der Waals surface area contributed by atoms with Crippen LogP contribution >= 0.6 is 11.6 Å². The number of ether oxygens (including phenoxy) is 2. The third kappa shape index (κ3) is 3.85. The normalized spacial score (nSPS) is 10.0. The summed E-state index contributed by atoms with van der Waals surface area (Å²) in [4.78, 5) is 15.4. The molecule has 0 unspecified atom stereocenters. The molecule has 1 aromatic heterocycles. The number of halogens is 1. The number of nitrogens with one attached hydrogen (secondary N) is 2. The standard InChI is InChI=1S/C11H11ClN4O3/c1-18-11-14-10(15-16-11)13-9(17)6-19-8-4-2-7(12)3-5-8/h2-5H,6H2,1H3,(H2,13,14,15,16,17). The molecule has 1 heterocycles. The predicted octanol–water partition coefficient (Wildman–Crippen LogP) is 1.48. The van der Waals surface area contributed by atoms with Crippen molar-refractivity contribution >= 4 is 23.5 Å². The van der Waals surface area contributed by atoms with Crippen molar-refractivity contribution in [3.63, 3.8) is 0 Å². The molecule has 0 radical (unpaired) electrons. The van der Waals surface area contributed by atoms with Crippen LogP contribution in [0, 0.1) is 0 Å². The van der Waals surface area contributed by atoms with Crippen molar-refractivity contribution in [1.29, 1.82) is 0 Å². The van der Waals surface area contributed by atoms with Gasteiger partial charge in [-0.1, -0.05) is 11.6 Å². The van der Waals surface area contributed by atoms with E-state index in [0.717, 1.165) is 0 Å². The Morgan fingerprint density at radius 1 is 1.42 bits per heavy atom. The molecule has 100 valence electrons. The summed E-state index contributed by atoms with van der Waals surface area (Å²) >= 11 is 5.73. The summed E-state index contributed by atoms with van der Waals surface area (Å²) in [6.45, 7) is -0.148. The molecule has 1 aromatic carbocycles. The molecular weight excluding hydrogens is 272 g/mol. The van der Waals surface area contributed by atoms with Gasteiger partial charge in [0.25, 0.3) is 5.91 Å². The number of hydrogen-bond donors (Lipinski definition) is 2. The molecule has 0 saturated carbocycles. The van der Waals surface area contributed by atoms with E-state index >= 15 is 0 Å². The van der Waals surface area contributed by atoms with Crippen molar-refractivity contribution in [3.8, 4) is 11.8 Å². The van der Waals surface area contributed by atoms with E-state index < -0.39 is 0 Å². The fourth-order valence-corrected chi connectivity index (χ4v) is 1.37. The van der Waals surface area contributed by atoms with Crippen LogP contribution in [0.4, 0.5) is 5.95 Å². The summed E-state index contributed by atoms with van der Waals surface area (Å²) in [5, 5.41) is 9.27. The molecule has 0 fully saturated rings. The number of methoxy groups -OCH3 is 1. The van der Waals surface area contributed by atoms with Crippen LogP contribution in [0.5, 0.6) is 11.8 Å². The summed E-state index contributed by atoms with van der Waals surface area (Å²) in [7, 11) is 1.43. The number of anilines is 1. The molecule has 7 nitrogen and oxygen atoms in total. The molecule has 0 saturated heterocycles. The van der Waals surface area contributed by atoms with E-state index in [0.29, 0.717) is 10.8 Å². The van der Waals surface area contributed by atoms with E-state index in [1.165, 1.54) is 7.11 Å². The average Bonchev–Trinajstić information content (AvgIpc) is 2.86. The lowest BCUT2D eigenvalue weighted by Gasteiger charge is -2.05. The van der Waals surface area contributed by atoms with Gasteiger partial charge in [0, 0.05) is 5.02 Å². The number of carbonyl (C=O) groups is 1. The van der Waals surface area contributed by atoms with Crippen LogP contribution in [0.3, 0.4) is 0 Å². The van der Waals surface area contributed by atoms with Gasteiger partial charge in [-0.15, -0.1) is 5.10 Å². The Balaban J connectivity index is 1.82. The Morgan fingerprint density at radius 3 is 2.79 bits per heavy atom. The summed E-state index contributed by atoms with van der Waals surface area (Å²) in [6.07, 6.45) is 0. The van der Waals surface area contributed by atoms with Crippen molar-refractivity contribution in [2.24, 2.45) is 0 Å². The van der Waals surface area contributed by atoms with Crippen LogP contribution in [-0.2, 0) is 4.79 Å². The summed E-state index contributed by atoms with van der Waals surface area (Å²) in [5.74, 6) is 0.380. The van der Waals surface area contributed by atoms with Gasteiger partial charge in [-0.3, -0.25) is 10.1 Å². The number of benzene rings is 1. The summed E-state index contributed by atoms with van der Waals surface area (Å²) < 4.78 is 10.0. The van der Waals surface area contributed by atoms with Gasteiger partial charge in [-0.2, -0.15) is 4.98 Å². The van der Waals surface area contributed by atoms with E-state index in [-0.39, 0.29) is 24.5 Å². The highest BCUT2D eigenvalue weighted by Gasteiger charge is 2.08. The van der Waals surface area contributed by atoms with Gasteiger partial charge in [0.2, 0.25) is 5.95 Å². The van der Waals surface area contributed by atoms with Crippen molar-refractivity contribution in [1.82, 2.24) is 15.2 Å². The summed E-state index contributed by atoms with van der Waals surface area (Å²) in [5.41, 5.74) is 0. The molecular formula is C11H11ClN4O3. The first-order valence-electron chi connectivity index (χ1n) is 5.32. The first kappa shape index (κ1) is 13.2. The van der Waals surface area contributed by atoms with Gasteiger partial charge in [-0.25, -0.2) is 5.10 Å². The maximum Gasteiger partial charge on any atom is 0.336 e. The largest absolute Gasteiger partial charge is 0.484 e. The average molecular weight is 283 g/mol. The van der Waals surface area contributed by atoms with Crippen molar-refractivity contribution in [3.05, 3.63) is 29.3 Å². The molecule has 19 heavy (non-hydrogen) atoms. The smallest absolute Gasteiger partial charge is 0.336 e. The fraction of sp³-hybridized carbons (Fsp3) is 0.182. The lowest BCUT2D eigenvalue weighted by atomic mass is 10.3. The minimum atomic E-state index is -0.367. The number of carbonyl (C=O) groups excluding carboxylic acids is 1. The molecule has 2 N–H and O–H groups in total. The van der Waals surface area contributed by atoms with Crippen LogP contribution in [0.2, 0.25) is 5.02 Å². The van der Waals surface area contributed by atoms with Crippen molar-refractivity contribution < 1.29 is 14.3 Å². The van der Waals surface area contributed by atoms with Gasteiger partial charge in [0.05, 0.1) is 7.11 Å². The molecule has 0 aliphatic rings. The van der Waals surface area contributed by atoms with E-state index in [2.05, 4.69) is 20.5 Å². The van der Waals surface area contributed by atoms with E-state index in [9.17, 15) is 4.79 Å². The minimum Gasteiger partial charge on any atom is -0.484 e. The molecule has 0 bridgehead atoms. The Morgan fingerprint density at radius 2 is 2.16 bits per heavy atom. The highest BCUT2D eigenvalue weighted by atomic mass is 35.5. The Labute approximate surface area is 113 Å². The molecule has 2 aromatic rings. The second-order valence-electron chi connectivity index (χ2n) is 3.46. The van der Waals surface area contributed by atoms with Gasteiger partial charge in [0.1, 0.15) is 5.75 Å². The lowest BCUT2D eigenvalue weighted by molar-refractivity contribution is -0.118. The van der Waals surface area contributed by atoms with Gasteiger partial charge >= 0.3 is 6.01 Å². The maximum absolute atomic E-state index is 11.6. The Bertz CT molecular complexity index is 555. The highest BCUT2D eigenvalue weighted by Crippen LogP contribution is 2.15. The SMILES string of the molecule is COc1n[nH]c(NC(=O)COc2ccc(Cl)cc2)n1. The van der Waals surface area contributed by atoms with Crippen LogP contribution in [0.15, 0.2) is 24.3 Å². The second kappa shape index (κ2) is 6.05. The van der Waals surface area contributed by atoms with Crippen LogP contribution in [0.1, 0.15) is 0 Å². The van der Waals surface area contributed by atoms with Crippen molar-refractivity contribution in [2.75, 3.05) is 19.0 Å². The van der Waals surface area contributed by atoms with Crippen molar-refractivity contribution in [2.45, 2.75) is 0 Å². The minimum absolute atomic E-state index is 0.147. The molecule has 0 spiro atoms. The number of H-pyrrole nitrogens is 1.